The lowest BCUT2D eigenvalue weighted by molar-refractivity contribution is 0.0776. The van der Waals surface area contributed by atoms with Crippen molar-refractivity contribution < 1.29 is 9.53 Å². The van der Waals surface area contributed by atoms with Crippen LogP contribution >= 0.6 is 23.2 Å². The highest BCUT2D eigenvalue weighted by Gasteiger charge is 2.43. The van der Waals surface area contributed by atoms with E-state index in [2.05, 4.69) is 4.98 Å². The Kier molecular flexibility index (Phi) is 4.78. The molecule has 1 saturated carbocycles. The van der Waals surface area contributed by atoms with Gasteiger partial charge in [0.1, 0.15) is 11.3 Å². The average Bonchev–Trinajstić information content (AvgIpc) is 3.20. The van der Waals surface area contributed by atoms with Gasteiger partial charge in [-0.25, -0.2) is 4.98 Å². The number of rotatable bonds is 3. The zero-order chi connectivity index (χ0) is 18.3. The molecule has 0 spiro atoms. The number of carbonyl (C=O) groups excluding carboxylic acids is 1. The van der Waals surface area contributed by atoms with Gasteiger partial charge in [-0.1, -0.05) is 23.2 Å². The molecule has 1 aromatic carbocycles. The number of amides is 1. The van der Waals surface area contributed by atoms with Gasteiger partial charge in [-0.2, -0.15) is 0 Å². The third-order valence-electron chi connectivity index (χ3n) is 5.30. The van der Waals surface area contributed by atoms with E-state index in [0.29, 0.717) is 39.7 Å². The minimum Gasteiger partial charge on any atom is -0.437 e. The summed E-state index contributed by atoms with van der Waals surface area (Å²) < 4.78 is 5.82. The number of nitrogens with two attached hydrogens (primary N) is 1. The molecule has 7 heteroatoms. The second kappa shape index (κ2) is 7.06. The number of pyridine rings is 1. The van der Waals surface area contributed by atoms with Crippen molar-refractivity contribution in [3.8, 4) is 11.6 Å². The van der Waals surface area contributed by atoms with E-state index in [9.17, 15) is 4.79 Å². The number of benzene rings is 1. The number of likely N-dealkylation sites (tertiary alicyclic amines) is 1. The number of halogens is 2. The van der Waals surface area contributed by atoms with Gasteiger partial charge in [-0.15, -0.1) is 0 Å². The highest BCUT2D eigenvalue weighted by atomic mass is 35.5. The highest BCUT2D eigenvalue weighted by Crippen LogP contribution is 2.38. The fraction of sp³-hybridized carbons (Fsp3) is 0.368. The number of ether oxygens (including phenoxy) is 1. The lowest BCUT2D eigenvalue weighted by atomic mass is 9.98. The molecule has 2 N–H and O–H groups in total. The molecule has 136 valence electrons. The molecular formula is C19H19Cl2N3O2. The lowest BCUT2D eigenvalue weighted by Crippen LogP contribution is -2.33. The van der Waals surface area contributed by atoms with Crippen molar-refractivity contribution in [1.82, 2.24) is 9.88 Å². The largest absolute Gasteiger partial charge is 0.437 e. The number of aromatic nitrogens is 1. The zero-order valence-corrected chi connectivity index (χ0v) is 15.6. The van der Waals surface area contributed by atoms with E-state index in [1.165, 1.54) is 0 Å². The molecule has 2 heterocycles. The first kappa shape index (κ1) is 17.6. The third-order valence-corrected chi connectivity index (χ3v) is 5.83. The van der Waals surface area contributed by atoms with Crippen LogP contribution in [0.15, 0.2) is 36.5 Å². The minimum atomic E-state index is -0.0835. The summed E-state index contributed by atoms with van der Waals surface area (Å²) in [6.07, 6.45) is 3.73. The molecule has 2 aliphatic rings. The Morgan fingerprint density at radius 1 is 1.23 bits per heavy atom. The average molecular weight is 392 g/mol. The van der Waals surface area contributed by atoms with E-state index >= 15 is 0 Å². The van der Waals surface area contributed by atoms with Crippen molar-refractivity contribution >= 4 is 29.1 Å². The van der Waals surface area contributed by atoms with Gasteiger partial charge in [0.2, 0.25) is 5.88 Å². The Labute approximate surface area is 162 Å². The van der Waals surface area contributed by atoms with Crippen LogP contribution in [-0.4, -0.2) is 34.9 Å². The Balaban J connectivity index is 1.57. The Morgan fingerprint density at radius 3 is 2.85 bits per heavy atom. The molecule has 1 amide bonds. The monoisotopic (exact) mass is 391 g/mol. The van der Waals surface area contributed by atoms with Gasteiger partial charge >= 0.3 is 0 Å². The number of hydrogen-bond donors (Lipinski definition) is 1. The van der Waals surface area contributed by atoms with Crippen LogP contribution in [0.3, 0.4) is 0 Å². The van der Waals surface area contributed by atoms with E-state index in [-0.39, 0.29) is 17.8 Å². The standard InChI is InChI=1S/C19H19Cl2N3O2/c20-12-4-6-17(15(21)8-12)26-18-13(2-1-7-23-18)19(25)24-9-11-3-5-16(22)14(11)10-24/h1-2,4,6-8,11,14,16H,3,5,9-10,22H2. The fourth-order valence-corrected chi connectivity index (χ4v) is 4.39. The number of nitrogens with zero attached hydrogens (tertiary/aromatic N) is 2. The van der Waals surface area contributed by atoms with Crippen LogP contribution in [0.5, 0.6) is 11.6 Å². The topological polar surface area (TPSA) is 68.5 Å². The molecule has 5 nitrogen and oxygen atoms in total. The van der Waals surface area contributed by atoms with Crippen molar-refractivity contribution in [3.05, 3.63) is 52.1 Å². The van der Waals surface area contributed by atoms with E-state index in [4.69, 9.17) is 33.7 Å². The van der Waals surface area contributed by atoms with Crippen LogP contribution in [0.4, 0.5) is 0 Å². The number of fused-ring (bicyclic) bond motifs is 1. The Hall–Kier alpha value is -1.82. The maximum atomic E-state index is 13.0. The molecule has 0 radical (unpaired) electrons. The molecule has 3 unspecified atom stereocenters. The summed E-state index contributed by atoms with van der Waals surface area (Å²) in [5.41, 5.74) is 6.60. The predicted molar refractivity (Wildman–Crippen MR) is 101 cm³/mol. The maximum absolute atomic E-state index is 13.0. The molecule has 1 saturated heterocycles. The first-order valence-corrected chi connectivity index (χ1v) is 9.41. The highest BCUT2D eigenvalue weighted by molar-refractivity contribution is 6.35. The van der Waals surface area contributed by atoms with Crippen LogP contribution in [0, 0.1) is 11.8 Å². The molecule has 2 aromatic rings. The summed E-state index contributed by atoms with van der Waals surface area (Å²) in [5.74, 6) is 1.46. The van der Waals surface area contributed by atoms with Crippen LogP contribution in [0.2, 0.25) is 10.0 Å². The van der Waals surface area contributed by atoms with Gasteiger partial charge in [0.25, 0.3) is 5.91 Å². The van der Waals surface area contributed by atoms with E-state index in [0.717, 1.165) is 19.4 Å². The van der Waals surface area contributed by atoms with Crippen LogP contribution in [-0.2, 0) is 0 Å². The third kappa shape index (κ3) is 3.27. The quantitative estimate of drug-likeness (QED) is 0.858. The van der Waals surface area contributed by atoms with Crippen LogP contribution in [0.1, 0.15) is 23.2 Å². The van der Waals surface area contributed by atoms with Crippen molar-refractivity contribution in [2.45, 2.75) is 18.9 Å². The minimum absolute atomic E-state index is 0.0835. The molecule has 4 rings (SSSR count). The lowest BCUT2D eigenvalue weighted by Gasteiger charge is -2.20. The van der Waals surface area contributed by atoms with Gasteiger partial charge in [-0.3, -0.25) is 4.79 Å². The second-order valence-electron chi connectivity index (χ2n) is 6.91. The summed E-state index contributed by atoms with van der Waals surface area (Å²) in [7, 11) is 0. The van der Waals surface area contributed by atoms with Crippen molar-refractivity contribution in [1.29, 1.82) is 0 Å². The molecule has 2 fully saturated rings. The molecule has 1 aliphatic heterocycles. The molecule has 1 aliphatic carbocycles. The van der Waals surface area contributed by atoms with Crippen LogP contribution in [0.25, 0.3) is 0 Å². The SMILES string of the molecule is NC1CCC2CN(C(=O)c3cccnc3Oc3ccc(Cl)cc3Cl)CC12. The maximum Gasteiger partial charge on any atom is 0.259 e. The number of carbonyl (C=O) groups is 1. The summed E-state index contributed by atoms with van der Waals surface area (Å²) in [4.78, 5) is 19.1. The normalized spacial score (nSPS) is 24.6. The van der Waals surface area contributed by atoms with Gasteiger partial charge in [0.05, 0.1) is 5.02 Å². The Morgan fingerprint density at radius 2 is 2.08 bits per heavy atom. The van der Waals surface area contributed by atoms with Crippen molar-refractivity contribution in [3.63, 3.8) is 0 Å². The van der Waals surface area contributed by atoms with Crippen molar-refractivity contribution in [2.24, 2.45) is 17.6 Å². The predicted octanol–water partition coefficient (Wildman–Crippen LogP) is 3.99. The molecule has 1 aromatic heterocycles. The molecular weight excluding hydrogens is 373 g/mol. The van der Waals surface area contributed by atoms with Gasteiger partial charge < -0.3 is 15.4 Å². The van der Waals surface area contributed by atoms with Crippen molar-refractivity contribution in [2.75, 3.05) is 13.1 Å². The first-order valence-electron chi connectivity index (χ1n) is 8.65. The van der Waals surface area contributed by atoms with E-state index in [1.807, 2.05) is 4.90 Å². The summed E-state index contributed by atoms with van der Waals surface area (Å²) >= 11 is 12.1. The van der Waals surface area contributed by atoms with Gasteiger partial charge in [0, 0.05) is 30.4 Å². The van der Waals surface area contributed by atoms with E-state index in [1.54, 1.807) is 36.5 Å². The Bertz CT molecular complexity index is 845. The summed E-state index contributed by atoms with van der Waals surface area (Å²) in [6.45, 7) is 1.44. The fourth-order valence-electron chi connectivity index (χ4n) is 3.94. The first-order chi connectivity index (χ1) is 12.5. The molecule has 0 bridgehead atoms. The van der Waals surface area contributed by atoms with Gasteiger partial charge in [-0.05, 0) is 55.0 Å². The molecule has 26 heavy (non-hydrogen) atoms. The summed E-state index contributed by atoms with van der Waals surface area (Å²) in [6, 6.07) is 8.57. The summed E-state index contributed by atoms with van der Waals surface area (Å²) in [5, 5.41) is 0.878. The van der Waals surface area contributed by atoms with E-state index < -0.39 is 0 Å². The zero-order valence-electron chi connectivity index (χ0n) is 14.1. The molecule has 3 atom stereocenters. The number of hydrogen-bond acceptors (Lipinski definition) is 4. The smallest absolute Gasteiger partial charge is 0.259 e. The van der Waals surface area contributed by atoms with Gasteiger partial charge in [0.15, 0.2) is 0 Å². The van der Waals surface area contributed by atoms with Crippen LogP contribution < -0.4 is 10.5 Å². The second-order valence-corrected chi connectivity index (χ2v) is 7.75.